The predicted octanol–water partition coefficient (Wildman–Crippen LogP) is 2.99. The first-order chi connectivity index (χ1) is 10.7. The Balaban J connectivity index is 2.27. The molecule has 7 heteroatoms. The lowest BCUT2D eigenvalue weighted by atomic mass is 10.0. The maximum Gasteiger partial charge on any atom is 0.326 e. The minimum Gasteiger partial charge on any atom is -0.480 e. The van der Waals surface area contributed by atoms with Gasteiger partial charge in [0.25, 0.3) is 5.91 Å². The zero-order valence-corrected chi connectivity index (χ0v) is 14.9. The summed E-state index contributed by atoms with van der Waals surface area (Å²) in [5, 5.41) is 17.3. The molecule has 6 nitrogen and oxygen atoms in total. The summed E-state index contributed by atoms with van der Waals surface area (Å²) < 4.78 is 1.77. The van der Waals surface area contributed by atoms with E-state index in [-0.39, 0.29) is 17.7 Å². The number of carbonyl (C=O) groups is 2. The van der Waals surface area contributed by atoms with Crippen molar-refractivity contribution in [1.29, 1.82) is 0 Å². The minimum absolute atomic E-state index is 0.190. The molecule has 0 spiro atoms. The molecular weight excluding hydrogens is 314 g/mol. The van der Waals surface area contributed by atoms with Crippen LogP contribution < -0.4 is 5.32 Å². The second kappa shape index (κ2) is 6.70. The fourth-order valence-electron chi connectivity index (χ4n) is 2.53. The van der Waals surface area contributed by atoms with E-state index in [4.69, 9.17) is 0 Å². The molecule has 0 unspecified atom stereocenters. The number of aryl methyl sites for hydroxylation is 1. The number of carboxylic acids is 1. The van der Waals surface area contributed by atoms with E-state index >= 15 is 0 Å². The third-order valence-electron chi connectivity index (χ3n) is 3.62. The number of nitrogens with one attached hydrogen (secondary N) is 1. The Morgan fingerprint density at radius 1 is 1.35 bits per heavy atom. The van der Waals surface area contributed by atoms with Crippen LogP contribution in [0, 0.1) is 5.92 Å². The van der Waals surface area contributed by atoms with Crippen LogP contribution >= 0.6 is 11.3 Å². The number of hydrogen-bond acceptors (Lipinski definition) is 4. The van der Waals surface area contributed by atoms with Crippen molar-refractivity contribution in [1.82, 2.24) is 15.1 Å². The average molecular weight is 337 g/mol. The van der Waals surface area contributed by atoms with Crippen molar-refractivity contribution < 1.29 is 14.7 Å². The number of carbonyl (C=O) groups excluding carboxylic acids is 1. The van der Waals surface area contributed by atoms with Gasteiger partial charge in [-0.25, -0.2) is 4.79 Å². The third kappa shape index (κ3) is 3.72. The fourth-order valence-corrected chi connectivity index (χ4v) is 3.51. The Bertz CT molecular complexity index is 730. The molecule has 0 bridgehead atoms. The minimum atomic E-state index is -1.00. The number of fused-ring (bicyclic) bond motifs is 1. The molecule has 2 heterocycles. The highest BCUT2D eigenvalue weighted by molar-refractivity contribution is 7.20. The summed E-state index contributed by atoms with van der Waals surface area (Å²) in [6, 6.07) is 0.946. The first-order valence-electron chi connectivity index (χ1n) is 7.70. The van der Waals surface area contributed by atoms with Crippen LogP contribution in [0.4, 0.5) is 0 Å². The van der Waals surface area contributed by atoms with Crippen LogP contribution in [0.25, 0.3) is 10.2 Å². The van der Waals surface area contributed by atoms with Gasteiger partial charge in [0.2, 0.25) is 0 Å². The standard InChI is InChI=1S/C16H23N3O3S/c1-8(2)6-11(16(21)22)17-14(20)12-7-10-13(9(3)4)18-19(5)15(10)23-12/h7-9,11H,6H2,1-5H3,(H,17,20)(H,21,22)/t11-/m1/s1. The van der Waals surface area contributed by atoms with Gasteiger partial charge in [0, 0.05) is 12.4 Å². The number of aliphatic carboxylic acids is 1. The van der Waals surface area contributed by atoms with E-state index in [2.05, 4.69) is 24.3 Å². The molecule has 23 heavy (non-hydrogen) atoms. The second-order valence-corrected chi connectivity index (χ2v) is 7.52. The van der Waals surface area contributed by atoms with Crippen LogP contribution in [0.2, 0.25) is 0 Å². The van der Waals surface area contributed by atoms with E-state index in [0.717, 1.165) is 15.9 Å². The van der Waals surface area contributed by atoms with Crippen molar-refractivity contribution in [3.63, 3.8) is 0 Å². The highest BCUT2D eigenvalue weighted by Crippen LogP contribution is 2.31. The Hall–Kier alpha value is -1.89. The maximum absolute atomic E-state index is 12.4. The Morgan fingerprint density at radius 2 is 2.00 bits per heavy atom. The Kier molecular flexibility index (Phi) is 5.09. The van der Waals surface area contributed by atoms with E-state index in [1.807, 2.05) is 27.0 Å². The molecule has 126 valence electrons. The molecule has 0 radical (unpaired) electrons. The van der Waals surface area contributed by atoms with Crippen molar-refractivity contribution in [3.05, 3.63) is 16.6 Å². The lowest BCUT2D eigenvalue weighted by Gasteiger charge is -2.15. The number of thiophene rings is 1. The zero-order valence-electron chi connectivity index (χ0n) is 14.1. The van der Waals surface area contributed by atoms with Crippen LogP contribution in [0.3, 0.4) is 0 Å². The van der Waals surface area contributed by atoms with Crippen molar-refractivity contribution >= 4 is 33.4 Å². The van der Waals surface area contributed by atoms with Crippen LogP contribution in [0.1, 0.15) is 55.4 Å². The smallest absolute Gasteiger partial charge is 0.326 e. The molecule has 0 saturated carbocycles. The van der Waals surface area contributed by atoms with Gasteiger partial charge in [0.05, 0.1) is 10.6 Å². The fraction of sp³-hybridized carbons (Fsp3) is 0.562. The van der Waals surface area contributed by atoms with Crippen LogP contribution in [0.15, 0.2) is 6.07 Å². The van der Waals surface area contributed by atoms with E-state index in [1.165, 1.54) is 11.3 Å². The Labute approximate surface area is 139 Å². The molecule has 2 N–H and O–H groups in total. The maximum atomic E-state index is 12.4. The monoisotopic (exact) mass is 337 g/mol. The van der Waals surface area contributed by atoms with E-state index in [1.54, 1.807) is 4.68 Å². The van der Waals surface area contributed by atoms with Gasteiger partial charge in [0.15, 0.2) is 0 Å². The van der Waals surface area contributed by atoms with Crippen molar-refractivity contribution in [3.8, 4) is 0 Å². The molecule has 0 saturated heterocycles. The first-order valence-corrected chi connectivity index (χ1v) is 8.52. The summed E-state index contributed by atoms with van der Waals surface area (Å²) >= 11 is 1.34. The molecule has 2 rings (SSSR count). The summed E-state index contributed by atoms with van der Waals surface area (Å²) in [6.45, 7) is 7.98. The number of nitrogens with zero attached hydrogens (tertiary/aromatic N) is 2. The zero-order chi connectivity index (χ0) is 17.3. The molecule has 2 aromatic rings. The van der Waals surface area contributed by atoms with Crippen molar-refractivity contribution in [2.24, 2.45) is 13.0 Å². The van der Waals surface area contributed by atoms with Gasteiger partial charge in [-0.3, -0.25) is 9.48 Å². The van der Waals surface area contributed by atoms with Gasteiger partial charge < -0.3 is 10.4 Å². The molecule has 2 aromatic heterocycles. The summed E-state index contributed by atoms with van der Waals surface area (Å²) in [6.07, 6.45) is 0.408. The number of aromatic nitrogens is 2. The topological polar surface area (TPSA) is 84.2 Å². The molecule has 0 fully saturated rings. The highest BCUT2D eigenvalue weighted by atomic mass is 32.1. The Morgan fingerprint density at radius 3 is 2.52 bits per heavy atom. The van der Waals surface area contributed by atoms with E-state index < -0.39 is 12.0 Å². The molecule has 0 aliphatic heterocycles. The van der Waals surface area contributed by atoms with Gasteiger partial charge in [-0.05, 0) is 24.3 Å². The van der Waals surface area contributed by atoms with Crippen molar-refractivity contribution in [2.45, 2.75) is 46.1 Å². The SMILES string of the molecule is CC(C)C[C@@H](NC(=O)c1cc2c(C(C)C)nn(C)c2s1)C(=O)O. The van der Waals surface area contributed by atoms with Crippen molar-refractivity contribution in [2.75, 3.05) is 0 Å². The molecular formula is C16H23N3O3S. The van der Waals surface area contributed by atoms with Gasteiger partial charge in [-0.2, -0.15) is 5.10 Å². The first kappa shape index (κ1) is 17.5. The molecule has 0 aromatic carbocycles. The van der Waals surface area contributed by atoms with Crippen LogP contribution in [-0.2, 0) is 11.8 Å². The van der Waals surface area contributed by atoms with Crippen LogP contribution in [-0.4, -0.2) is 32.8 Å². The predicted molar refractivity (Wildman–Crippen MR) is 91.0 cm³/mol. The number of rotatable bonds is 6. The summed E-state index contributed by atoms with van der Waals surface area (Å²) in [4.78, 5) is 25.1. The summed E-state index contributed by atoms with van der Waals surface area (Å²) in [7, 11) is 1.85. The number of amides is 1. The summed E-state index contributed by atoms with van der Waals surface area (Å²) in [5.41, 5.74) is 0.953. The van der Waals surface area contributed by atoms with Gasteiger partial charge >= 0.3 is 5.97 Å². The average Bonchev–Trinajstić information content (AvgIpc) is 2.98. The molecule has 0 aliphatic carbocycles. The van der Waals surface area contributed by atoms with E-state index in [0.29, 0.717) is 11.3 Å². The lowest BCUT2D eigenvalue weighted by Crippen LogP contribution is -2.41. The second-order valence-electron chi connectivity index (χ2n) is 6.49. The normalized spacial score (nSPS) is 13.0. The molecule has 0 aliphatic rings. The van der Waals surface area contributed by atoms with E-state index in [9.17, 15) is 14.7 Å². The number of hydrogen-bond donors (Lipinski definition) is 2. The summed E-state index contributed by atoms with van der Waals surface area (Å²) in [5.74, 6) is -0.890. The van der Waals surface area contributed by atoms with Gasteiger partial charge in [-0.15, -0.1) is 11.3 Å². The van der Waals surface area contributed by atoms with Crippen LogP contribution in [0.5, 0.6) is 0 Å². The third-order valence-corrected chi connectivity index (χ3v) is 4.82. The number of carboxylic acid groups (broad SMARTS) is 1. The molecule has 1 amide bonds. The lowest BCUT2D eigenvalue weighted by molar-refractivity contribution is -0.139. The van der Waals surface area contributed by atoms with Gasteiger partial charge in [-0.1, -0.05) is 27.7 Å². The van der Waals surface area contributed by atoms with Gasteiger partial charge in [0.1, 0.15) is 10.9 Å². The molecule has 1 atom stereocenters. The highest BCUT2D eigenvalue weighted by Gasteiger charge is 2.24. The largest absolute Gasteiger partial charge is 0.480 e. The quantitative estimate of drug-likeness (QED) is 0.849.